The van der Waals surface area contributed by atoms with Crippen LogP contribution in [0.25, 0.3) is 0 Å². The lowest BCUT2D eigenvalue weighted by molar-refractivity contribution is -0.120. The molecule has 0 radical (unpaired) electrons. The van der Waals surface area contributed by atoms with E-state index in [-0.39, 0.29) is 10.6 Å². The summed E-state index contributed by atoms with van der Waals surface area (Å²) < 4.78 is 15.9. The summed E-state index contributed by atoms with van der Waals surface area (Å²) in [5, 5.41) is 3.11. The molecule has 0 aromatic heterocycles. The number of amides is 2. The van der Waals surface area contributed by atoms with Crippen molar-refractivity contribution < 1.29 is 28.6 Å². The number of carbonyl (C=O) groups excluding carboxylic acids is 3. The summed E-state index contributed by atoms with van der Waals surface area (Å²) in [5.74, 6) is -0.441. The van der Waals surface area contributed by atoms with Crippen LogP contribution in [-0.4, -0.2) is 38.6 Å². The van der Waals surface area contributed by atoms with Crippen LogP contribution in [0.5, 0.6) is 11.5 Å². The van der Waals surface area contributed by atoms with E-state index in [4.69, 9.17) is 14.2 Å². The highest BCUT2D eigenvalue weighted by Crippen LogP contribution is 2.39. The monoisotopic (exact) mass is 518 g/mol. The van der Waals surface area contributed by atoms with Gasteiger partial charge in [0.25, 0.3) is 11.8 Å². The molecule has 2 amide bonds. The Morgan fingerprint density at radius 2 is 1.65 bits per heavy atom. The average molecular weight is 519 g/mol. The molecule has 0 atom stereocenters. The van der Waals surface area contributed by atoms with E-state index in [0.717, 1.165) is 9.80 Å². The number of nitrogens with one attached hydrogen (secondary N) is 1. The second-order valence-corrected chi connectivity index (χ2v) is 9.02. The first kappa shape index (κ1) is 25.8. The third-order valence-electron chi connectivity index (χ3n) is 5.47. The number of rotatable bonds is 10. The average Bonchev–Trinajstić information content (AvgIpc) is 3.16. The largest absolute Gasteiger partial charge is 0.497 e. The van der Waals surface area contributed by atoms with Gasteiger partial charge in [-0.3, -0.25) is 9.59 Å². The van der Waals surface area contributed by atoms with Gasteiger partial charge in [-0.1, -0.05) is 36.9 Å². The van der Waals surface area contributed by atoms with E-state index in [1.807, 2.05) is 37.3 Å². The molecule has 190 valence electrons. The molecule has 0 saturated carbocycles. The number of thioether (sulfide) groups is 1. The Balaban J connectivity index is 1.70. The van der Waals surface area contributed by atoms with Crippen molar-refractivity contribution in [3.63, 3.8) is 0 Å². The number of hydrogen-bond acceptors (Lipinski definition) is 8. The summed E-state index contributed by atoms with van der Waals surface area (Å²) in [6.45, 7) is 2.22. The second kappa shape index (κ2) is 11.7. The van der Waals surface area contributed by atoms with Gasteiger partial charge in [0.1, 0.15) is 22.1 Å². The first-order valence-corrected chi connectivity index (χ1v) is 12.4. The number of esters is 1. The molecule has 1 heterocycles. The summed E-state index contributed by atoms with van der Waals surface area (Å²) >= 11 is 1.19. The van der Waals surface area contributed by atoms with Gasteiger partial charge in [-0.05, 0) is 55.0 Å². The highest BCUT2D eigenvalue weighted by atomic mass is 32.2. The molecule has 1 aliphatic rings. The minimum Gasteiger partial charge on any atom is -0.497 e. The number of carbonyl (C=O) groups is 3. The molecular weight excluding hydrogens is 492 g/mol. The summed E-state index contributed by atoms with van der Waals surface area (Å²) in [5.41, 5.74) is 1.25. The first-order valence-electron chi connectivity index (χ1n) is 11.6. The van der Waals surface area contributed by atoms with Crippen molar-refractivity contribution >= 4 is 40.9 Å². The fraction of sp³-hybridized carbons (Fsp3) is 0.179. The minimum atomic E-state index is -0.533. The molecule has 4 rings (SSSR count). The molecule has 0 unspecified atom stereocenters. The second-order valence-electron chi connectivity index (χ2n) is 7.94. The van der Waals surface area contributed by atoms with Gasteiger partial charge >= 0.3 is 5.97 Å². The van der Waals surface area contributed by atoms with Gasteiger partial charge in [-0.25, -0.2) is 9.69 Å². The Morgan fingerprint density at radius 3 is 2.30 bits per heavy atom. The zero-order chi connectivity index (χ0) is 26.4. The van der Waals surface area contributed by atoms with Crippen molar-refractivity contribution in [1.29, 1.82) is 0 Å². The molecule has 0 fully saturated rings. The van der Waals surface area contributed by atoms with Crippen LogP contribution in [0.15, 0.2) is 88.3 Å². The summed E-state index contributed by atoms with van der Waals surface area (Å²) in [6.07, 6.45) is 0.710. The molecule has 1 aliphatic heterocycles. The standard InChI is InChI=1S/C28H26N2O6S/c1-4-16-36-28(33)18-10-12-19(13-11-18)30-26(31)24(25(27(30)32)37-21-8-6-5-7-9-21)29-22-17-20(34-2)14-15-23(22)35-3/h5-15,17,29H,4,16H2,1-3H3. The van der Waals surface area contributed by atoms with Crippen molar-refractivity contribution in [3.05, 3.63) is 89.0 Å². The van der Waals surface area contributed by atoms with Crippen LogP contribution >= 0.6 is 11.8 Å². The number of ether oxygens (including phenoxy) is 3. The van der Waals surface area contributed by atoms with E-state index in [9.17, 15) is 14.4 Å². The van der Waals surface area contributed by atoms with Crippen LogP contribution in [0.4, 0.5) is 11.4 Å². The molecule has 37 heavy (non-hydrogen) atoms. The highest BCUT2D eigenvalue weighted by molar-refractivity contribution is 8.04. The van der Waals surface area contributed by atoms with Gasteiger partial charge in [0.2, 0.25) is 0 Å². The van der Waals surface area contributed by atoms with Crippen molar-refractivity contribution in [1.82, 2.24) is 0 Å². The van der Waals surface area contributed by atoms with Gasteiger partial charge in [0.05, 0.1) is 37.8 Å². The summed E-state index contributed by atoms with van der Waals surface area (Å²) in [7, 11) is 3.05. The molecule has 8 nitrogen and oxygen atoms in total. The molecule has 9 heteroatoms. The highest BCUT2D eigenvalue weighted by Gasteiger charge is 2.40. The van der Waals surface area contributed by atoms with Crippen LogP contribution in [0.1, 0.15) is 23.7 Å². The number of methoxy groups -OCH3 is 2. The van der Waals surface area contributed by atoms with E-state index >= 15 is 0 Å². The molecule has 0 saturated heterocycles. The van der Waals surface area contributed by atoms with Crippen molar-refractivity contribution in [3.8, 4) is 11.5 Å². The Bertz CT molecular complexity index is 1340. The number of benzene rings is 3. The maximum Gasteiger partial charge on any atom is 0.338 e. The van der Waals surface area contributed by atoms with Gasteiger partial charge < -0.3 is 19.5 Å². The van der Waals surface area contributed by atoms with Crippen LogP contribution in [0.3, 0.4) is 0 Å². The van der Waals surface area contributed by atoms with Crippen LogP contribution in [-0.2, 0) is 14.3 Å². The van der Waals surface area contributed by atoms with E-state index in [0.29, 0.717) is 41.5 Å². The predicted molar refractivity (Wildman–Crippen MR) is 142 cm³/mol. The fourth-order valence-electron chi connectivity index (χ4n) is 3.63. The van der Waals surface area contributed by atoms with Gasteiger partial charge in [0.15, 0.2) is 0 Å². The SMILES string of the molecule is CCCOC(=O)c1ccc(N2C(=O)C(Nc3cc(OC)ccc3OC)=C(Sc3ccccc3)C2=O)cc1. The summed E-state index contributed by atoms with van der Waals surface area (Å²) in [4.78, 5) is 41.5. The Hall–Kier alpha value is -4.24. The lowest BCUT2D eigenvalue weighted by Crippen LogP contribution is -2.32. The van der Waals surface area contributed by atoms with E-state index in [1.54, 1.807) is 30.3 Å². The first-order chi connectivity index (χ1) is 18.0. The smallest absolute Gasteiger partial charge is 0.338 e. The maximum absolute atomic E-state index is 13.6. The third-order valence-corrected chi connectivity index (χ3v) is 6.56. The number of nitrogens with zero attached hydrogens (tertiary/aromatic N) is 1. The maximum atomic E-state index is 13.6. The zero-order valence-corrected chi connectivity index (χ0v) is 21.5. The third kappa shape index (κ3) is 5.62. The molecule has 0 bridgehead atoms. The van der Waals surface area contributed by atoms with E-state index < -0.39 is 17.8 Å². The Morgan fingerprint density at radius 1 is 0.919 bits per heavy atom. The van der Waals surface area contributed by atoms with Crippen LogP contribution in [0, 0.1) is 0 Å². The van der Waals surface area contributed by atoms with Gasteiger partial charge in [0, 0.05) is 11.0 Å². The quantitative estimate of drug-likeness (QED) is 0.287. The summed E-state index contributed by atoms with van der Waals surface area (Å²) in [6, 6.07) is 20.6. The van der Waals surface area contributed by atoms with Crippen molar-refractivity contribution in [2.75, 3.05) is 31.0 Å². The number of imide groups is 1. The lowest BCUT2D eigenvalue weighted by Gasteiger charge is -2.16. The minimum absolute atomic E-state index is 0.108. The topological polar surface area (TPSA) is 94.2 Å². The molecule has 3 aromatic rings. The molecule has 0 aliphatic carbocycles. The van der Waals surface area contributed by atoms with E-state index in [1.165, 1.54) is 38.1 Å². The molecular formula is C28H26N2O6S. The predicted octanol–water partition coefficient (Wildman–Crippen LogP) is 5.26. The fourth-order valence-corrected chi connectivity index (χ4v) is 4.57. The number of hydrogen-bond donors (Lipinski definition) is 1. The molecule has 3 aromatic carbocycles. The zero-order valence-electron chi connectivity index (χ0n) is 20.6. The van der Waals surface area contributed by atoms with E-state index in [2.05, 4.69) is 5.32 Å². The normalized spacial score (nSPS) is 13.1. The molecule has 0 spiro atoms. The van der Waals surface area contributed by atoms with Crippen LogP contribution < -0.4 is 19.7 Å². The lowest BCUT2D eigenvalue weighted by atomic mass is 10.2. The Labute approximate surface area is 219 Å². The van der Waals surface area contributed by atoms with Crippen molar-refractivity contribution in [2.45, 2.75) is 18.2 Å². The molecule has 1 N–H and O–H groups in total. The van der Waals surface area contributed by atoms with Crippen molar-refractivity contribution in [2.24, 2.45) is 0 Å². The Kier molecular flexibility index (Phi) is 8.15. The number of anilines is 2. The van der Waals surface area contributed by atoms with Crippen LogP contribution in [0.2, 0.25) is 0 Å². The van der Waals surface area contributed by atoms with Gasteiger partial charge in [-0.2, -0.15) is 0 Å². The van der Waals surface area contributed by atoms with Gasteiger partial charge in [-0.15, -0.1) is 0 Å².